The van der Waals surface area contributed by atoms with Gasteiger partial charge in [-0.25, -0.2) is 14.2 Å². The quantitative estimate of drug-likeness (QED) is 0.594. The molecule has 8 nitrogen and oxygen atoms in total. The molecule has 2 aromatic carbocycles. The number of benzene rings is 2. The number of fused-ring (bicyclic) bond motifs is 3. The van der Waals surface area contributed by atoms with Gasteiger partial charge in [0, 0.05) is 5.92 Å². The van der Waals surface area contributed by atoms with E-state index in [-0.39, 0.29) is 12.5 Å². The van der Waals surface area contributed by atoms with Gasteiger partial charge in [-0.15, -0.1) is 0 Å². The van der Waals surface area contributed by atoms with E-state index in [1.165, 1.54) is 0 Å². The molecule has 0 aliphatic heterocycles. The molecule has 2 atom stereocenters. The first kappa shape index (κ1) is 23.0. The Kier molecular flexibility index (Phi) is 7.15. The van der Waals surface area contributed by atoms with Gasteiger partial charge in [-0.05, 0) is 36.1 Å². The van der Waals surface area contributed by atoms with Crippen LogP contribution >= 0.6 is 7.60 Å². The van der Waals surface area contributed by atoms with Gasteiger partial charge in [0.25, 0.3) is 0 Å². The molecule has 1 aliphatic carbocycles. The summed E-state index contributed by atoms with van der Waals surface area (Å²) in [6.45, 7) is 3.73. The number of amides is 1. The zero-order chi connectivity index (χ0) is 22.6. The average molecular weight is 447 g/mol. The van der Waals surface area contributed by atoms with E-state index in [0.29, 0.717) is 0 Å². The Morgan fingerprint density at radius 2 is 1.61 bits per heavy atom. The smallest absolute Gasteiger partial charge is 0.407 e. The Hall–Kier alpha value is -2.67. The lowest BCUT2D eigenvalue weighted by atomic mass is 9.98. The molecule has 0 spiro atoms. The molecule has 1 aliphatic rings. The maximum atomic E-state index is 12.3. The van der Waals surface area contributed by atoms with Crippen molar-refractivity contribution in [3.8, 4) is 11.1 Å². The summed E-state index contributed by atoms with van der Waals surface area (Å²) in [4.78, 5) is 24.5. The highest BCUT2D eigenvalue weighted by Crippen LogP contribution is 2.46. The molecular weight excluding hydrogens is 421 g/mol. The van der Waals surface area contributed by atoms with E-state index in [1.807, 2.05) is 48.5 Å². The summed E-state index contributed by atoms with van der Waals surface area (Å²) in [5.41, 5.74) is 4.28. The minimum atomic E-state index is -3.67. The number of ether oxygens (including phenoxy) is 1. The molecular formula is C22H26NO7P. The van der Waals surface area contributed by atoms with Crippen molar-refractivity contribution in [1.82, 2.24) is 5.32 Å². The van der Waals surface area contributed by atoms with Crippen LogP contribution in [0.3, 0.4) is 0 Å². The van der Waals surface area contributed by atoms with E-state index in [9.17, 15) is 19.3 Å². The number of aliphatic hydroxyl groups excluding tert-OH is 1. The number of aliphatic hydroxyl groups is 1. The van der Waals surface area contributed by atoms with Crippen molar-refractivity contribution in [3.63, 3.8) is 0 Å². The van der Waals surface area contributed by atoms with Gasteiger partial charge in [-0.1, -0.05) is 48.5 Å². The van der Waals surface area contributed by atoms with Crippen LogP contribution in [0.25, 0.3) is 11.1 Å². The van der Waals surface area contributed by atoms with E-state index in [4.69, 9.17) is 13.8 Å². The van der Waals surface area contributed by atoms with Gasteiger partial charge >= 0.3 is 19.7 Å². The van der Waals surface area contributed by atoms with E-state index in [1.54, 1.807) is 13.8 Å². The zero-order valence-electron chi connectivity index (χ0n) is 17.6. The summed E-state index contributed by atoms with van der Waals surface area (Å²) in [5.74, 6) is -1.21. The molecule has 0 bridgehead atoms. The van der Waals surface area contributed by atoms with Crippen molar-refractivity contribution in [1.29, 1.82) is 0 Å². The predicted molar refractivity (Wildman–Crippen MR) is 115 cm³/mol. The number of hydrogen-bond acceptors (Lipinski definition) is 7. The molecule has 0 saturated carbocycles. The third-order valence-corrected chi connectivity index (χ3v) is 6.08. The number of rotatable bonds is 8. The van der Waals surface area contributed by atoms with Crippen LogP contribution in [-0.2, 0) is 23.1 Å². The van der Waals surface area contributed by atoms with Crippen molar-refractivity contribution in [2.75, 3.05) is 19.9 Å². The van der Waals surface area contributed by atoms with Gasteiger partial charge in [-0.3, -0.25) is 4.52 Å². The molecule has 0 heterocycles. The maximum Gasteiger partial charge on any atom is 0.407 e. The second-order valence-corrected chi connectivity index (χ2v) is 9.48. The first-order chi connectivity index (χ1) is 14.7. The minimum Gasteiger partial charge on any atom is -0.449 e. The molecule has 31 heavy (non-hydrogen) atoms. The van der Waals surface area contributed by atoms with Crippen molar-refractivity contribution in [2.24, 2.45) is 0 Å². The summed E-state index contributed by atoms with van der Waals surface area (Å²) < 4.78 is 27.4. The first-order valence-corrected chi connectivity index (χ1v) is 11.9. The Bertz CT molecular complexity index is 961. The molecule has 2 aromatic rings. The summed E-state index contributed by atoms with van der Waals surface area (Å²) in [5, 5.41) is 11.7. The van der Waals surface area contributed by atoms with E-state index in [0.717, 1.165) is 28.9 Å². The second-order valence-electron chi connectivity index (χ2n) is 7.54. The standard InChI is InChI=1S/C22H26NO7P/c1-14(2)29-31(3,27)30-21(25)20(12-24)23-22(26)28-13-19-17-10-6-4-8-15(17)16-9-5-7-11-18(16)19/h4-11,14,19-20,24H,12-13H2,1-3H3,(H,23,26)/t20-,31?/m0/s1. The van der Waals surface area contributed by atoms with E-state index in [2.05, 4.69) is 5.32 Å². The molecule has 2 N–H and O–H groups in total. The summed E-state index contributed by atoms with van der Waals surface area (Å²) in [6.07, 6.45) is -1.32. The Labute approximate surface area is 181 Å². The van der Waals surface area contributed by atoms with Crippen LogP contribution in [0.2, 0.25) is 0 Å². The number of carbonyl (C=O) groups excluding carboxylic acids is 2. The van der Waals surface area contributed by atoms with Crippen molar-refractivity contribution < 1.29 is 33.0 Å². The molecule has 0 saturated heterocycles. The van der Waals surface area contributed by atoms with Gasteiger partial charge in [0.1, 0.15) is 6.61 Å². The molecule has 0 aromatic heterocycles. The number of hydrogen-bond donors (Lipinski definition) is 2. The van der Waals surface area contributed by atoms with Crippen LogP contribution in [0.1, 0.15) is 30.9 Å². The van der Waals surface area contributed by atoms with Crippen LogP contribution in [0.5, 0.6) is 0 Å². The van der Waals surface area contributed by atoms with Crippen molar-refractivity contribution in [2.45, 2.75) is 31.9 Å². The summed E-state index contributed by atoms with van der Waals surface area (Å²) in [7, 11) is -3.67. The van der Waals surface area contributed by atoms with Gasteiger partial charge in [0.05, 0.1) is 19.4 Å². The molecule has 0 radical (unpaired) electrons. The van der Waals surface area contributed by atoms with Gasteiger partial charge in [0.2, 0.25) is 0 Å². The summed E-state index contributed by atoms with van der Waals surface area (Å²) in [6, 6.07) is 14.4. The minimum absolute atomic E-state index is 0.0514. The van der Waals surface area contributed by atoms with Crippen LogP contribution in [0.4, 0.5) is 4.79 Å². The molecule has 1 unspecified atom stereocenters. The zero-order valence-corrected chi connectivity index (χ0v) is 18.5. The van der Waals surface area contributed by atoms with Gasteiger partial charge in [-0.2, -0.15) is 0 Å². The molecule has 166 valence electrons. The largest absolute Gasteiger partial charge is 0.449 e. The van der Waals surface area contributed by atoms with E-state index >= 15 is 0 Å². The second kappa shape index (κ2) is 9.64. The predicted octanol–water partition coefficient (Wildman–Crippen LogP) is 3.68. The highest BCUT2D eigenvalue weighted by molar-refractivity contribution is 7.53. The fourth-order valence-electron chi connectivity index (χ4n) is 3.59. The Morgan fingerprint density at radius 3 is 2.13 bits per heavy atom. The number of alkyl carbamates (subject to hydrolysis) is 1. The highest BCUT2D eigenvalue weighted by atomic mass is 31.2. The fraction of sp³-hybridized carbons (Fsp3) is 0.364. The third kappa shape index (κ3) is 5.53. The fourth-order valence-corrected chi connectivity index (χ4v) is 4.86. The topological polar surface area (TPSA) is 111 Å². The van der Waals surface area contributed by atoms with Crippen LogP contribution in [-0.4, -0.2) is 49.2 Å². The molecule has 3 rings (SSSR count). The van der Waals surface area contributed by atoms with Gasteiger partial charge in [0.15, 0.2) is 6.04 Å². The summed E-state index contributed by atoms with van der Waals surface area (Å²) >= 11 is 0. The molecule has 9 heteroatoms. The third-order valence-electron chi connectivity index (χ3n) is 4.76. The first-order valence-electron chi connectivity index (χ1n) is 9.93. The average Bonchev–Trinajstić information content (AvgIpc) is 3.03. The van der Waals surface area contributed by atoms with E-state index < -0.39 is 38.4 Å². The molecule has 1 amide bonds. The van der Waals surface area contributed by atoms with Crippen LogP contribution < -0.4 is 5.32 Å². The monoisotopic (exact) mass is 447 g/mol. The normalized spacial score (nSPS) is 15.5. The van der Waals surface area contributed by atoms with Crippen LogP contribution in [0.15, 0.2) is 48.5 Å². The SMILES string of the molecule is CC(C)OP(C)(=O)OC(=O)[C@H](CO)NC(=O)OCC1c2ccccc2-c2ccccc21. The van der Waals surface area contributed by atoms with Crippen LogP contribution in [0, 0.1) is 0 Å². The highest BCUT2D eigenvalue weighted by Gasteiger charge is 2.32. The van der Waals surface area contributed by atoms with Crippen molar-refractivity contribution >= 4 is 19.7 Å². The molecule has 0 fully saturated rings. The lowest BCUT2D eigenvalue weighted by Gasteiger charge is -2.20. The van der Waals surface area contributed by atoms with Crippen molar-refractivity contribution in [3.05, 3.63) is 59.7 Å². The lowest BCUT2D eigenvalue weighted by molar-refractivity contribution is -0.138. The Morgan fingerprint density at radius 1 is 1.06 bits per heavy atom. The lowest BCUT2D eigenvalue weighted by Crippen LogP contribution is -2.44. The number of carbonyl (C=O) groups is 2. The maximum absolute atomic E-state index is 12.3. The Balaban J connectivity index is 1.62. The number of nitrogens with one attached hydrogen (secondary N) is 1. The van der Waals surface area contributed by atoms with Gasteiger partial charge < -0.3 is 19.7 Å².